The fourth-order valence-electron chi connectivity index (χ4n) is 3.16. The zero-order valence-corrected chi connectivity index (χ0v) is 15.8. The molecular formula is C20H23ClFN3O. The van der Waals surface area contributed by atoms with Gasteiger partial charge >= 0.3 is 6.03 Å². The summed E-state index contributed by atoms with van der Waals surface area (Å²) in [4.78, 5) is 16.5. The second-order valence-corrected chi connectivity index (χ2v) is 7.15. The predicted molar refractivity (Wildman–Crippen MR) is 105 cm³/mol. The van der Waals surface area contributed by atoms with E-state index in [1.807, 2.05) is 24.3 Å². The minimum atomic E-state index is -0.419. The molecule has 2 aromatic rings. The van der Waals surface area contributed by atoms with Gasteiger partial charge in [0, 0.05) is 37.6 Å². The number of benzene rings is 2. The van der Waals surface area contributed by atoms with Crippen LogP contribution >= 0.6 is 11.6 Å². The van der Waals surface area contributed by atoms with Gasteiger partial charge < -0.3 is 15.1 Å². The van der Waals surface area contributed by atoms with Gasteiger partial charge in [-0.2, -0.15) is 0 Å². The first-order valence-corrected chi connectivity index (χ1v) is 9.18. The lowest BCUT2D eigenvalue weighted by atomic mass is 10.0. The molecule has 1 heterocycles. The summed E-state index contributed by atoms with van der Waals surface area (Å²) in [5, 5.41) is 3.15. The molecule has 1 aliphatic rings. The summed E-state index contributed by atoms with van der Waals surface area (Å²) in [6.45, 7) is 6.78. The van der Waals surface area contributed by atoms with Crippen molar-refractivity contribution in [3.63, 3.8) is 0 Å². The van der Waals surface area contributed by atoms with E-state index < -0.39 is 5.82 Å². The smallest absolute Gasteiger partial charge is 0.321 e. The topological polar surface area (TPSA) is 35.6 Å². The van der Waals surface area contributed by atoms with Crippen LogP contribution in [0.15, 0.2) is 42.5 Å². The van der Waals surface area contributed by atoms with Crippen LogP contribution in [-0.4, -0.2) is 37.1 Å². The lowest BCUT2D eigenvalue weighted by Gasteiger charge is -2.36. The van der Waals surface area contributed by atoms with Crippen LogP contribution in [0.5, 0.6) is 0 Å². The summed E-state index contributed by atoms with van der Waals surface area (Å²) in [6, 6.07) is 12.5. The van der Waals surface area contributed by atoms with Crippen molar-refractivity contribution in [2.75, 3.05) is 36.4 Å². The van der Waals surface area contributed by atoms with Crippen LogP contribution in [0.4, 0.5) is 20.6 Å². The number of halogens is 2. The van der Waals surface area contributed by atoms with E-state index in [9.17, 15) is 9.18 Å². The van der Waals surface area contributed by atoms with Crippen LogP contribution in [0.25, 0.3) is 0 Å². The van der Waals surface area contributed by atoms with Crippen molar-refractivity contribution >= 4 is 29.0 Å². The Bertz CT molecular complexity index is 788. The van der Waals surface area contributed by atoms with Gasteiger partial charge in [0.05, 0.1) is 5.02 Å². The highest BCUT2D eigenvalue weighted by molar-refractivity contribution is 6.31. The number of carbonyl (C=O) groups is 1. The molecule has 6 heteroatoms. The first kappa shape index (κ1) is 18.5. The van der Waals surface area contributed by atoms with E-state index in [-0.39, 0.29) is 11.1 Å². The van der Waals surface area contributed by atoms with Gasteiger partial charge in [-0.15, -0.1) is 0 Å². The van der Waals surface area contributed by atoms with Gasteiger partial charge in [0.25, 0.3) is 0 Å². The monoisotopic (exact) mass is 375 g/mol. The predicted octanol–water partition coefficient (Wildman–Crippen LogP) is 4.96. The van der Waals surface area contributed by atoms with Crippen LogP contribution in [-0.2, 0) is 0 Å². The number of nitrogens with one attached hydrogen (secondary N) is 1. The number of hydrogen-bond acceptors (Lipinski definition) is 2. The van der Waals surface area contributed by atoms with Gasteiger partial charge in [-0.3, -0.25) is 0 Å². The molecule has 0 bridgehead atoms. The van der Waals surface area contributed by atoms with E-state index in [0.717, 1.165) is 16.9 Å². The van der Waals surface area contributed by atoms with Crippen molar-refractivity contribution < 1.29 is 9.18 Å². The van der Waals surface area contributed by atoms with E-state index in [1.165, 1.54) is 6.07 Å². The van der Waals surface area contributed by atoms with Gasteiger partial charge in [0.1, 0.15) is 5.82 Å². The van der Waals surface area contributed by atoms with Gasteiger partial charge in [-0.1, -0.05) is 43.6 Å². The summed E-state index contributed by atoms with van der Waals surface area (Å²) >= 11 is 5.87. The van der Waals surface area contributed by atoms with Gasteiger partial charge in [0.2, 0.25) is 0 Å². The number of carbonyl (C=O) groups excluding carboxylic acids is 1. The lowest BCUT2D eigenvalue weighted by Crippen LogP contribution is -2.50. The SMILES string of the molecule is CC(C)c1ccccc1NC(=O)N1CCN(c2ccc(F)c(Cl)c2)CC1. The third-order valence-corrected chi connectivity index (χ3v) is 4.95. The summed E-state index contributed by atoms with van der Waals surface area (Å²) < 4.78 is 13.3. The van der Waals surface area contributed by atoms with Gasteiger partial charge in [0.15, 0.2) is 0 Å². The Morgan fingerprint density at radius 3 is 2.46 bits per heavy atom. The third kappa shape index (κ3) is 4.10. The molecule has 0 radical (unpaired) electrons. The average Bonchev–Trinajstić information content (AvgIpc) is 2.64. The van der Waals surface area contributed by atoms with Crippen LogP contribution in [0, 0.1) is 5.82 Å². The van der Waals surface area contributed by atoms with E-state index in [4.69, 9.17) is 11.6 Å². The van der Waals surface area contributed by atoms with Crippen LogP contribution < -0.4 is 10.2 Å². The van der Waals surface area contributed by atoms with Crippen molar-refractivity contribution in [1.29, 1.82) is 0 Å². The Morgan fingerprint density at radius 1 is 1.12 bits per heavy atom. The molecule has 0 aliphatic carbocycles. The molecule has 4 nitrogen and oxygen atoms in total. The lowest BCUT2D eigenvalue weighted by molar-refractivity contribution is 0.208. The van der Waals surface area contributed by atoms with E-state index in [1.54, 1.807) is 17.0 Å². The van der Waals surface area contributed by atoms with Crippen molar-refractivity contribution in [2.45, 2.75) is 19.8 Å². The molecule has 3 rings (SSSR count). The summed E-state index contributed by atoms with van der Waals surface area (Å²) in [5.74, 6) is -0.0798. The fraction of sp³-hybridized carbons (Fsp3) is 0.350. The Hall–Kier alpha value is -2.27. The zero-order valence-electron chi connectivity index (χ0n) is 15.0. The maximum atomic E-state index is 13.3. The Balaban J connectivity index is 1.61. The molecule has 26 heavy (non-hydrogen) atoms. The number of nitrogens with zero attached hydrogens (tertiary/aromatic N) is 2. The molecule has 0 saturated carbocycles. The number of piperazine rings is 1. The number of para-hydroxylation sites is 1. The first-order valence-electron chi connectivity index (χ1n) is 8.80. The molecular weight excluding hydrogens is 353 g/mol. The number of hydrogen-bond donors (Lipinski definition) is 1. The Labute approximate surface area is 158 Å². The number of rotatable bonds is 3. The van der Waals surface area contributed by atoms with Crippen LogP contribution in [0.1, 0.15) is 25.3 Å². The largest absolute Gasteiger partial charge is 0.368 e. The zero-order chi connectivity index (χ0) is 18.7. The molecule has 138 valence electrons. The maximum Gasteiger partial charge on any atom is 0.321 e. The standard InChI is InChI=1S/C20H23ClFN3O/c1-14(2)16-5-3-4-6-19(16)23-20(26)25-11-9-24(10-12-25)15-7-8-18(22)17(21)13-15/h3-8,13-14H,9-12H2,1-2H3,(H,23,26). The minimum Gasteiger partial charge on any atom is -0.368 e. The van der Waals surface area contributed by atoms with Crippen molar-refractivity contribution in [2.24, 2.45) is 0 Å². The first-order chi connectivity index (χ1) is 12.5. The average molecular weight is 376 g/mol. The molecule has 0 aromatic heterocycles. The van der Waals surface area contributed by atoms with Crippen molar-refractivity contribution in [1.82, 2.24) is 4.90 Å². The summed E-state index contributed by atoms with van der Waals surface area (Å²) in [5.41, 5.74) is 2.86. The van der Waals surface area contributed by atoms with E-state index in [2.05, 4.69) is 24.1 Å². The molecule has 0 unspecified atom stereocenters. The molecule has 0 spiro atoms. The van der Waals surface area contributed by atoms with Gasteiger partial charge in [-0.05, 0) is 35.7 Å². The van der Waals surface area contributed by atoms with Crippen LogP contribution in [0.2, 0.25) is 5.02 Å². The number of anilines is 2. The molecule has 0 atom stereocenters. The molecule has 1 fully saturated rings. The molecule has 1 N–H and O–H groups in total. The van der Waals surface area contributed by atoms with Crippen molar-refractivity contribution in [3.05, 3.63) is 58.9 Å². The maximum absolute atomic E-state index is 13.3. The van der Waals surface area contributed by atoms with E-state index >= 15 is 0 Å². The second kappa shape index (κ2) is 7.96. The summed E-state index contributed by atoms with van der Waals surface area (Å²) in [6.07, 6.45) is 0. The second-order valence-electron chi connectivity index (χ2n) is 6.74. The minimum absolute atomic E-state index is 0.0881. The van der Waals surface area contributed by atoms with E-state index in [0.29, 0.717) is 32.1 Å². The highest BCUT2D eigenvalue weighted by atomic mass is 35.5. The van der Waals surface area contributed by atoms with Crippen molar-refractivity contribution in [3.8, 4) is 0 Å². The number of amides is 2. The summed E-state index contributed by atoms with van der Waals surface area (Å²) in [7, 11) is 0. The molecule has 1 saturated heterocycles. The Kier molecular flexibility index (Phi) is 5.67. The molecule has 2 amide bonds. The molecule has 1 aliphatic heterocycles. The highest BCUT2D eigenvalue weighted by Crippen LogP contribution is 2.25. The molecule has 2 aromatic carbocycles. The highest BCUT2D eigenvalue weighted by Gasteiger charge is 2.22. The Morgan fingerprint density at radius 2 is 1.81 bits per heavy atom. The normalized spacial score (nSPS) is 14.7. The third-order valence-electron chi connectivity index (χ3n) is 4.66. The van der Waals surface area contributed by atoms with Gasteiger partial charge in [-0.25, -0.2) is 9.18 Å². The fourth-order valence-corrected chi connectivity index (χ4v) is 3.33. The number of urea groups is 1. The quantitative estimate of drug-likeness (QED) is 0.823. The van der Waals surface area contributed by atoms with Crippen LogP contribution in [0.3, 0.4) is 0 Å².